The van der Waals surface area contributed by atoms with Crippen LogP contribution < -0.4 is 5.32 Å². The smallest absolute Gasteiger partial charge is 0.272 e. The van der Waals surface area contributed by atoms with Gasteiger partial charge in [-0.3, -0.25) is 13.8 Å². The van der Waals surface area contributed by atoms with Gasteiger partial charge in [-0.2, -0.15) is 0 Å². The average Bonchev–Trinajstić information content (AvgIpc) is 3.22. The first-order valence-corrected chi connectivity index (χ1v) is 8.53. The summed E-state index contributed by atoms with van der Waals surface area (Å²) in [5.74, 6) is 1.28. The van der Waals surface area contributed by atoms with Crippen LogP contribution in [0.15, 0.2) is 61.3 Å². The van der Waals surface area contributed by atoms with Gasteiger partial charge in [0, 0.05) is 24.6 Å². The quantitative estimate of drug-likeness (QED) is 0.617. The standard InChI is InChI=1S/C19H16N6O/c26-19(22-13-7-8-13)17-15-5-2-4-10-25(15)18(23-17)14-11-24(12-21-14)16-6-1-3-9-20-16/h1-6,9-13H,7-8H2,(H,22,26). The van der Waals surface area contributed by atoms with E-state index >= 15 is 0 Å². The number of carbonyl (C=O) groups excluding carboxylic acids is 1. The predicted molar refractivity (Wildman–Crippen MR) is 96.0 cm³/mol. The molecule has 1 aliphatic rings. The largest absolute Gasteiger partial charge is 0.348 e. The maximum atomic E-state index is 12.6. The Morgan fingerprint density at radius 1 is 1.12 bits per heavy atom. The second-order valence-electron chi connectivity index (χ2n) is 6.34. The molecule has 7 nitrogen and oxygen atoms in total. The predicted octanol–water partition coefficient (Wildman–Crippen LogP) is 2.47. The third-order valence-corrected chi connectivity index (χ3v) is 4.40. The van der Waals surface area contributed by atoms with E-state index in [0.717, 1.165) is 24.2 Å². The lowest BCUT2D eigenvalue weighted by atomic mass is 10.3. The first kappa shape index (κ1) is 14.8. The van der Waals surface area contributed by atoms with Crippen LogP contribution in [0.4, 0.5) is 0 Å². The monoisotopic (exact) mass is 344 g/mol. The first-order valence-electron chi connectivity index (χ1n) is 8.53. The van der Waals surface area contributed by atoms with Gasteiger partial charge in [-0.25, -0.2) is 15.0 Å². The van der Waals surface area contributed by atoms with Gasteiger partial charge in [0.25, 0.3) is 5.91 Å². The number of amides is 1. The SMILES string of the molecule is O=C(NC1CC1)c1nc(-c2cn(-c3ccccn3)cn2)n2ccccc12. The van der Waals surface area contributed by atoms with Crippen LogP contribution in [-0.2, 0) is 0 Å². The van der Waals surface area contributed by atoms with Gasteiger partial charge in [-0.15, -0.1) is 0 Å². The summed E-state index contributed by atoms with van der Waals surface area (Å²) in [5.41, 5.74) is 1.88. The molecule has 1 saturated carbocycles. The van der Waals surface area contributed by atoms with Gasteiger partial charge in [0.05, 0.1) is 5.52 Å². The summed E-state index contributed by atoms with van der Waals surface area (Å²) in [6.45, 7) is 0. The van der Waals surface area contributed by atoms with E-state index in [0.29, 0.717) is 17.2 Å². The lowest BCUT2D eigenvalue weighted by Gasteiger charge is -2.00. The molecule has 0 bridgehead atoms. The molecule has 4 aromatic rings. The van der Waals surface area contributed by atoms with Gasteiger partial charge in [-0.1, -0.05) is 12.1 Å². The normalized spacial score (nSPS) is 13.8. The molecule has 0 atom stereocenters. The van der Waals surface area contributed by atoms with Gasteiger partial charge >= 0.3 is 0 Å². The number of fused-ring (bicyclic) bond motifs is 1. The van der Waals surface area contributed by atoms with Crippen LogP contribution in [0, 0.1) is 0 Å². The van der Waals surface area contributed by atoms with Crippen molar-refractivity contribution in [2.45, 2.75) is 18.9 Å². The van der Waals surface area contributed by atoms with Crippen LogP contribution in [0.1, 0.15) is 23.3 Å². The fourth-order valence-corrected chi connectivity index (χ4v) is 2.94. The van der Waals surface area contributed by atoms with Crippen molar-refractivity contribution in [3.05, 3.63) is 67.0 Å². The lowest BCUT2D eigenvalue weighted by molar-refractivity contribution is 0.0948. The van der Waals surface area contributed by atoms with Crippen molar-refractivity contribution in [1.82, 2.24) is 29.2 Å². The highest BCUT2D eigenvalue weighted by Gasteiger charge is 2.27. The van der Waals surface area contributed by atoms with Crippen molar-refractivity contribution in [2.75, 3.05) is 0 Å². The van der Waals surface area contributed by atoms with E-state index < -0.39 is 0 Å². The molecule has 128 valence electrons. The topological polar surface area (TPSA) is 77.1 Å². The summed E-state index contributed by atoms with van der Waals surface area (Å²) in [5, 5.41) is 3.01. The van der Waals surface area contributed by atoms with E-state index in [2.05, 4.69) is 20.3 Å². The summed E-state index contributed by atoms with van der Waals surface area (Å²) in [7, 11) is 0. The molecule has 4 heterocycles. The average molecular weight is 344 g/mol. The Morgan fingerprint density at radius 2 is 2.00 bits per heavy atom. The molecule has 0 radical (unpaired) electrons. The molecule has 1 amide bonds. The van der Waals surface area contributed by atoms with Crippen LogP contribution in [0.2, 0.25) is 0 Å². The molecule has 4 aromatic heterocycles. The Morgan fingerprint density at radius 3 is 2.81 bits per heavy atom. The number of nitrogens with one attached hydrogen (secondary N) is 1. The number of rotatable bonds is 4. The Labute approximate surface area is 149 Å². The fraction of sp³-hybridized carbons (Fsp3) is 0.158. The molecule has 0 unspecified atom stereocenters. The Balaban J connectivity index is 1.59. The maximum absolute atomic E-state index is 12.6. The van der Waals surface area contributed by atoms with E-state index in [1.54, 1.807) is 12.5 Å². The minimum atomic E-state index is -0.133. The van der Waals surface area contributed by atoms with Crippen LogP contribution in [0.3, 0.4) is 0 Å². The molecule has 0 spiro atoms. The van der Waals surface area contributed by atoms with Gasteiger partial charge < -0.3 is 5.32 Å². The zero-order chi connectivity index (χ0) is 17.5. The van der Waals surface area contributed by atoms with Gasteiger partial charge in [0.1, 0.15) is 17.8 Å². The molecule has 5 rings (SSSR count). The number of nitrogens with zero attached hydrogens (tertiary/aromatic N) is 5. The Hall–Kier alpha value is -3.48. The summed E-state index contributed by atoms with van der Waals surface area (Å²) in [6.07, 6.45) is 9.28. The third-order valence-electron chi connectivity index (χ3n) is 4.40. The number of carbonyl (C=O) groups is 1. The molecule has 0 aliphatic heterocycles. The molecule has 1 fully saturated rings. The van der Waals surface area contributed by atoms with Crippen LogP contribution in [0.25, 0.3) is 22.9 Å². The van der Waals surface area contributed by atoms with Crippen LogP contribution >= 0.6 is 0 Å². The summed E-state index contributed by atoms with van der Waals surface area (Å²) in [4.78, 5) is 25.9. The number of hydrogen-bond acceptors (Lipinski definition) is 4. The molecular formula is C19H16N6O. The van der Waals surface area contributed by atoms with Crippen LogP contribution in [0.5, 0.6) is 0 Å². The molecule has 0 saturated heterocycles. The minimum absolute atomic E-state index is 0.133. The number of pyridine rings is 2. The van der Waals surface area contributed by atoms with Crippen molar-refractivity contribution in [3.63, 3.8) is 0 Å². The molecular weight excluding hydrogens is 328 g/mol. The van der Waals surface area contributed by atoms with Crippen molar-refractivity contribution in [2.24, 2.45) is 0 Å². The first-order chi connectivity index (χ1) is 12.8. The van der Waals surface area contributed by atoms with Crippen molar-refractivity contribution < 1.29 is 4.79 Å². The van der Waals surface area contributed by atoms with Crippen LogP contribution in [-0.4, -0.2) is 35.9 Å². The number of aromatic nitrogens is 5. The Kier molecular flexibility index (Phi) is 3.31. The van der Waals surface area contributed by atoms with Crippen molar-refractivity contribution >= 4 is 11.4 Å². The Bertz CT molecular complexity index is 1090. The highest BCUT2D eigenvalue weighted by molar-refractivity contribution is 6.00. The van der Waals surface area contributed by atoms with Crippen molar-refractivity contribution in [3.8, 4) is 17.3 Å². The zero-order valence-electron chi connectivity index (χ0n) is 13.9. The lowest BCUT2D eigenvalue weighted by Crippen LogP contribution is -2.25. The minimum Gasteiger partial charge on any atom is -0.348 e. The van der Waals surface area contributed by atoms with E-state index in [1.165, 1.54) is 0 Å². The second kappa shape index (κ2) is 5.80. The van der Waals surface area contributed by atoms with Crippen molar-refractivity contribution in [1.29, 1.82) is 0 Å². The van der Waals surface area contributed by atoms with E-state index in [-0.39, 0.29) is 11.9 Å². The maximum Gasteiger partial charge on any atom is 0.272 e. The number of imidazole rings is 2. The number of hydrogen-bond donors (Lipinski definition) is 1. The van der Waals surface area contributed by atoms with Gasteiger partial charge in [0.15, 0.2) is 11.5 Å². The summed E-state index contributed by atoms with van der Waals surface area (Å²) in [6, 6.07) is 11.7. The molecule has 1 aliphatic carbocycles. The third kappa shape index (κ3) is 2.54. The highest BCUT2D eigenvalue weighted by Crippen LogP contribution is 2.24. The van der Waals surface area contributed by atoms with E-state index in [4.69, 9.17) is 0 Å². The molecule has 1 N–H and O–H groups in total. The van der Waals surface area contributed by atoms with E-state index in [1.807, 2.05) is 57.8 Å². The van der Waals surface area contributed by atoms with E-state index in [9.17, 15) is 4.79 Å². The molecule has 7 heteroatoms. The molecule has 26 heavy (non-hydrogen) atoms. The fourth-order valence-electron chi connectivity index (χ4n) is 2.94. The highest BCUT2D eigenvalue weighted by atomic mass is 16.2. The molecule has 0 aromatic carbocycles. The van der Waals surface area contributed by atoms with Gasteiger partial charge in [0.2, 0.25) is 0 Å². The summed E-state index contributed by atoms with van der Waals surface area (Å²) < 4.78 is 3.73. The second-order valence-corrected chi connectivity index (χ2v) is 6.34. The van der Waals surface area contributed by atoms with Gasteiger partial charge in [-0.05, 0) is 37.1 Å². The zero-order valence-corrected chi connectivity index (χ0v) is 13.9. The summed E-state index contributed by atoms with van der Waals surface area (Å²) >= 11 is 0.